The van der Waals surface area contributed by atoms with Gasteiger partial charge in [0.2, 0.25) is 0 Å². The van der Waals surface area contributed by atoms with E-state index in [-0.39, 0.29) is 5.69 Å². The number of anilines is 1. The van der Waals surface area contributed by atoms with Crippen molar-refractivity contribution in [3.8, 4) is 6.07 Å². The van der Waals surface area contributed by atoms with E-state index in [0.717, 1.165) is 5.69 Å². The summed E-state index contributed by atoms with van der Waals surface area (Å²) in [4.78, 5) is 8.20. The summed E-state index contributed by atoms with van der Waals surface area (Å²) in [5, 5.41) is 9.90. The number of oxazole rings is 1. The third-order valence-corrected chi connectivity index (χ3v) is 2.60. The molecule has 2 N–H and O–H groups in total. The van der Waals surface area contributed by atoms with Crippen LogP contribution in [0.5, 0.6) is 0 Å². The summed E-state index contributed by atoms with van der Waals surface area (Å²) in [5.74, 6) is 0. The summed E-state index contributed by atoms with van der Waals surface area (Å²) in [6, 6.07) is 5.29. The molecule has 2 rings (SSSR count). The van der Waals surface area contributed by atoms with Gasteiger partial charge in [-0.25, -0.2) is 9.97 Å². The number of aryl methyl sites for hydroxylation is 1. The smallest absolute Gasteiger partial charge is 0.262 e. The van der Waals surface area contributed by atoms with E-state index in [1.54, 1.807) is 18.4 Å². The van der Waals surface area contributed by atoms with Crippen molar-refractivity contribution < 1.29 is 4.42 Å². The molecule has 0 spiro atoms. The maximum Gasteiger partial charge on any atom is 0.262 e. The lowest BCUT2D eigenvalue weighted by Crippen LogP contribution is -1.94. The highest BCUT2D eigenvalue weighted by molar-refractivity contribution is 7.99. The Kier molecular flexibility index (Phi) is 2.79. The van der Waals surface area contributed by atoms with Crippen LogP contribution in [0.15, 0.2) is 33.1 Å². The summed E-state index contributed by atoms with van der Waals surface area (Å²) in [5.41, 5.74) is 6.96. The SMILES string of the molecule is Cc1coc(Sc2ccc(N)c(C#N)n2)n1. The van der Waals surface area contributed by atoms with Crippen LogP contribution in [0.3, 0.4) is 0 Å². The van der Waals surface area contributed by atoms with Crippen molar-refractivity contribution in [3.63, 3.8) is 0 Å². The van der Waals surface area contributed by atoms with Crippen LogP contribution in [-0.4, -0.2) is 9.97 Å². The second kappa shape index (κ2) is 4.24. The van der Waals surface area contributed by atoms with E-state index in [1.165, 1.54) is 11.8 Å². The first-order valence-electron chi connectivity index (χ1n) is 4.45. The Morgan fingerprint density at radius 1 is 1.44 bits per heavy atom. The topological polar surface area (TPSA) is 88.7 Å². The zero-order valence-corrected chi connectivity index (χ0v) is 9.28. The molecule has 2 heterocycles. The highest BCUT2D eigenvalue weighted by atomic mass is 32.2. The second-order valence-corrected chi connectivity index (χ2v) is 4.03. The van der Waals surface area contributed by atoms with E-state index in [0.29, 0.717) is 15.9 Å². The predicted molar refractivity (Wildman–Crippen MR) is 58.7 cm³/mol. The minimum atomic E-state index is 0.216. The summed E-state index contributed by atoms with van der Waals surface area (Å²) >= 11 is 1.25. The number of rotatable bonds is 2. The maximum atomic E-state index is 8.77. The van der Waals surface area contributed by atoms with E-state index < -0.39 is 0 Å². The molecule has 2 aromatic rings. The molecule has 0 radical (unpaired) electrons. The Morgan fingerprint density at radius 3 is 2.88 bits per heavy atom. The van der Waals surface area contributed by atoms with Crippen LogP contribution < -0.4 is 5.73 Å². The molecule has 80 valence electrons. The third kappa shape index (κ3) is 2.15. The number of hydrogen-bond donors (Lipinski definition) is 1. The van der Waals surface area contributed by atoms with Gasteiger partial charge < -0.3 is 10.2 Å². The van der Waals surface area contributed by atoms with Crippen LogP contribution in [-0.2, 0) is 0 Å². The average molecular weight is 232 g/mol. The van der Waals surface area contributed by atoms with Crippen molar-refractivity contribution >= 4 is 17.4 Å². The molecule has 0 aromatic carbocycles. The van der Waals surface area contributed by atoms with E-state index in [4.69, 9.17) is 15.4 Å². The van der Waals surface area contributed by atoms with Gasteiger partial charge >= 0.3 is 0 Å². The van der Waals surface area contributed by atoms with Gasteiger partial charge in [-0.15, -0.1) is 0 Å². The molecule has 0 atom stereocenters. The van der Waals surface area contributed by atoms with E-state index in [1.807, 2.05) is 13.0 Å². The lowest BCUT2D eigenvalue weighted by atomic mass is 10.3. The Balaban J connectivity index is 2.26. The number of nitrogen functional groups attached to an aromatic ring is 1. The molecule has 0 bridgehead atoms. The quantitative estimate of drug-likeness (QED) is 0.851. The predicted octanol–water partition coefficient (Wildman–Crippen LogP) is 1.98. The van der Waals surface area contributed by atoms with Crippen molar-refractivity contribution in [1.82, 2.24) is 9.97 Å². The minimum absolute atomic E-state index is 0.216. The number of pyridine rings is 1. The van der Waals surface area contributed by atoms with Gasteiger partial charge in [-0.05, 0) is 30.8 Å². The number of hydrogen-bond acceptors (Lipinski definition) is 6. The van der Waals surface area contributed by atoms with Crippen LogP contribution in [0.1, 0.15) is 11.4 Å². The average Bonchev–Trinajstić information content (AvgIpc) is 2.67. The van der Waals surface area contributed by atoms with Gasteiger partial charge in [0.1, 0.15) is 17.4 Å². The molecule has 0 saturated heterocycles. The molecule has 0 aliphatic carbocycles. The van der Waals surface area contributed by atoms with Crippen molar-refractivity contribution in [3.05, 3.63) is 29.8 Å². The van der Waals surface area contributed by atoms with Gasteiger partial charge in [-0.3, -0.25) is 0 Å². The fraction of sp³-hybridized carbons (Fsp3) is 0.100. The summed E-state index contributed by atoms with van der Waals surface area (Å²) < 4.78 is 5.17. The Bertz CT molecular complexity index is 558. The fourth-order valence-electron chi connectivity index (χ4n) is 1.07. The molecule has 0 aliphatic rings. The lowest BCUT2D eigenvalue weighted by molar-refractivity contribution is 0.454. The van der Waals surface area contributed by atoms with Gasteiger partial charge in [0, 0.05) is 0 Å². The van der Waals surface area contributed by atoms with E-state index >= 15 is 0 Å². The number of nitrogens with two attached hydrogens (primary N) is 1. The van der Waals surface area contributed by atoms with E-state index in [9.17, 15) is 0 Å². The molecule has 6 heteroatoms. The molecule has 0 amide bonds. The molecule has 0 saturated carbocycles. The first-order chi connectivity index (χ1) is 7.69. The van der Waals surface area contributed by atoms with Crippen molar-refractivity contribution in [2.75, 3.05) is 5.73 Å². The maximum absolute atomic E-state index is 8.77. The summed E-state index contributed by atoms with van der Waals surface area (Å²) in [6.07, 6.45) is 1.56. The van der Waals surface area contributed by atoms with Crippen molar-refractivity contribution in [2.24, 2.45) is 0 Å². The van der Waals surface area contributed by atoms with Gasteiger partial charge in [-0.2, -0.15) is 5.26 Å². The van der Waals surface area contributed by atoms with E-state index in [2.05, 4.69) is 9.97 Å². The van der Waals surface area contributed by atoms with Crippen LogP contribution in [0.2, 0.25) is 0 Å². The lowest BCUT2D eigenvalue weighted by Gasteiger charge is -1.99. The first-order valence-corrected chi connectivity index (χ1v) is 5.27. The third-order valence-electron chi connectivity index (χ3n) is 1.80. The summed E-state index contributed by atoms with van der Waals surface area (Å²) in [7, 11) is 0. The van der Waals surface area contributed by atoms with Gasteiger partial charge in [-0.1, -0.05) is 0 Å². The standard InChI is InChI=1S/C10H8N4OS/c1-6-5-15-10(13-6)16-9-3-2-7(12)8(4-11)14-9/h2-3,5H,12H2,1H3. The van der Waals surface area contributed by atoms with Crippen molar-refractivity contribution in [2.45, 2.75) is 17.2 Å². The number of aromatic nitrogens is 2. The van der Waals surface area contributed by atoms with Gasteiger partial charge in [0.15, 0.2) is 5.69 Å². The minimum Gasteiger partial charge on any atom is -0.439 e. The molecular weight excluding hydrogens is 224 g/mol. The zero-order chi connectivity index (χ0) is 11.5. The zero-order valence-electron chi connectivity index (χ0n) is 8.47. The highest BCUT2D eigenvalue weighted by Gasteiger charge is 2.07. The normalized spacial score (nSPS) is 10.0. The van der Waals surface area contributed by atoms with Crippen LogP contribution in [0.4, 0.5) is 5.69 Å². The largest absolute Gasteiger partial charge is 0.439 e. The van der Waals surface area contributed by atoms with Gasteiger partial charge in [0.25, 0.3) is 5.22 Å². The molecule has 2 aromatic heterocycles. The summed E-state index contributed by atoms with van der Waals surface area (Å²) in [6.45, 7) is 1.84. The fourth-order valence-corrected chi connectivity index (χ4v) is 1.80. The number of nitriles is 1. The Morgan fingerprint density at radius 2 is 2.25 bits per heavy atom. The monoisotopic (exact) mass is 232 g/mol. The molecule has 0 fully saturated rings. The second-order valence-electron chi connectivity index (χ2n) is 3.06. The first kappa shape index (κ1) is 10.5. The molecular formula is C10H8N4OS. The van der Waals surface area contributed by atoms with Crippen LogP contribution >= 0.6 is 11.8 Å². The highest BCUT2D eigenvalue weighted by Crippen LogP contribution is 2.26. The molecule has 0 aliphatic heterocycles. The Hall–Kier alpha value is -2.00. The Labute approximate surface area is 96.3 Å². The number of nitrogens with zero attached hydrogens (tertiary/aromatic N) is 3. The van der Waals surface area contributed by atoms with Crippen LogP contribution in [0, 0.1) is 18.3 Å². The van der Waals surface area contributed by atoms with Gasteiger partial charge in [0.05, 0.1) is 11.4 Å². The molecule has 0 unspecified atom stereocenters. The molecule has 5 nitrogen and oxygen atoms in total. The van der Waals surface area contributed by atoms with Crippen molar-refractivity contribution in [1.29, 1.82) is 5.26 Å². The molecule has 16 heavy (non-hydrogen) atoms. The van der Waals surface area contributed by atoms with Crippen LogP contribution in [0.25, 0.3) is 0 Å².